The zero-order valence-electron chi connectivity index (χ0n) is 15.5. The van der Waals surface area contributed by atoms with E-state index in [-0.39, 0.29) is 11.5 Å². The van der Waals surface area contributed by atoms with E-state index in [1.165, 1.54) is 24.6 Å². The Morgan fingerprint density at radius 1 is 1.27 bits per heavy atom. The number of amides is 1. The number of nitrogens with one attached hydrogen (secondary N) is 2. The second-order valence-electron chi connectivity index (χ2n) is 7.15. The molecule has 3 rings (SSSR count). The second kappa shape index (κ2) is 8.21. The molecule has 0 spiro atoms. The molecule has 1 aliphatic rings. The van der Waals surface area contributed by atoms with Gasteiger partial charge in [0, 0.05) is 42.6 Å². The fourth-order valence-electron chi connectivity index (χ4n) is 3.46. The fraction of sp³-hybridized carbons (Fsp3) is 0.429. The summed E-state index contributed by atoms with van der Waals surface area (Å²) in [6.07, 6.45) is 3.24. The molecule has 2 N–H and O–H groups in total. The molecule has 1 aromatic carbocycles. The number of rotatable bonds is 5. The second-order valence-corrected chi connectivity index (χ2v) is 7.15. The maximum Gasteiger partial charge on any atom is 0.251 e. The summed E-state index contributed by atoms with van der Waals surface area (Å²) < 4.78 is 0. The summed E-state index contributed by atoms with van der Waals surface area (Å²) in [6, 6.07) is 11.4. The number of hydrogen-bond acceptors (Lipinski definition) is 3. The number of aromatic nitrogens is 1. The van der Waals surface area contributed by atoms with Crippen molar-refractivity contribution in [2.24, 2.45) is 5.92 Å². The van der Waals surface area contributed by atoms with Crippen LogP contribution in [0.3, 0.4) is 0 Å². The first-order chi connectivity index (χ1) is 12.5. The van der Waals surface area contributed by atoms with E-state index in [0.717, 1.165) is 30.3 Å². The van der Waals surface area contributed by atoms with Crippen LogP contribution in [0.1, 0.15) is 48.3 Å². The van der Waals surface area contributed by atoms with Crippen LogP contribution in [0.4, 0.5) is 5.69 Å². The van der Waals surface area contributed by atoms with Gasteiger partial charge in [0.1, 0.15) is 0 Å². The van der Waals surface area contributed by atoms with Crippen molar-refractivity contribution in [3.05, 3.63) is 63.6 Å². The van der Waals surface area contributed by atoms with Crippen molar-refractivity contribution in [3.8, 4) is 0 Å². The van der Waals surface area contributed by atoms with Gasteiger partial charge in [-0.25, -0.2) is 0 Å². The number of nitrogens with zero attached hydrogens (tertiary/aromatic N) is 1. The number of carbonyl (C=O) groups is 1. The highest BCUT2D eigenvalue weighted by Gasteiger charge is 2.16. The SMILES string of the molecule is CCc1cc(C(=O)NCc2ccc(N3CCC[C@H](C)C3)cc2)cc(=O)[nH]1. The third-order valence-corrected chi connectivity index (χ3v) is 4.95. The van der Waals surface area contributed by atoms with Crippen molar-refractivity contribution in [2.45, 2.75) is 39.7 Å². The van der Waals surface area contributed by atoms with Gasteiger partial charge in [0.15, 0.2) is 0 Å². The normalized spacial score (nSPS) is 17.2. The van der Waals surface area contributed by atoms with Crippen molar-refractivity contribution >= 4 is 11.6 Å². The Kier molecular flexibility index (Phi) is 5.76. The van der Waals surface area contributed by atoms with E-state index in [9.17, 15) is 9.59 Å². The zero-order valence-corrected chi connectivity index (χ0v) is 15.5. The number of anilines is 1. The Balaban J connectivity index is 1.60. The molecule has 5 nitrogen and oxygen atoms in total. The summed E-state index contributed by atoms with van der Waals surface area (Å²) in [6.45, 7) is 6.91. The first-order valence-electron chi connectivity index (χ1n) is 9.40. The van der Waals surface area contributed by atoms with E-state index < -0.39 is 0 Å². The quantitative estimate of drug-likeness (QED) is 0.868. The lowest BCUT2D eigenvalue weighted by Gasteiger charge is -2.32. The van der Waals surface area contributed by atoms with Gasteiger partial charge in [-0.3, -0.25) is 9.59 Å². The average molecular weight is 353 g/mol. The predicted molar refractivity (Wildman–Crippen MR) is 105 cm³/mol. The Morgan fingerprint density at radius 3 is 2.73 bits per heavy atom. The van der Waals surface area contributed by atoms with Gasteiger partial charge in [-0.1, -0.05) is 26.0 Å². The first-order valence-corrected chi connectivity index (χ1v) is 9.40. The molecule has 26 heavy (non-hydrogen) atoms. The number of hydrogen-bond donors (Lipinski definition) is 2. The lowest BCUT2D eigenvalue weighted by molar-refractivity contribution is 0.0950. The van der Waals surface area contributed by atoms with E-state index >= 15 is 0 Å². The van der Waals surface area contributed by atoms with E-state index in [1.807, 2.05) is 6.92 Å². The first kappa shape index (κ1) is 18.2. The Hall–Kier alpha value is -2.56. The van der Waals surface area contributed by atoms with Crippen LogP contribution < -0.4 is 15.8 Å². The fourth-order valence-corrected chi connectivity index (χ4v) is 3.46. The van der Waals surface area contributed by atoms with E-state index in [0.29, 0.717) is 18.5 Å². The molecule has 1 saturated heterocycles. The molecule has 0 saturated carbocycles. The number of H-pyrrole nitrogens is 1. The maximum atomic E-state index is 12.3. The van der Waals surface area contributed by atoms with Gasteiger partial charge >= 0.3 is 0 Å². The monoisotopic (exact) mass is 353 g/mol. The molecule has 5 heteroatoms. The Bertz CT molecular complexity index is 811. The number of piperidine rings is 1. The summed E-state index contributed by atoms with van der Waals surface area (Å²) in [5, 5.41) is 2.89. The summed E-state index contributed by atoms with van der Waals surface area (Å²) in [7, 11) is 0. The summed E-state index contributed by atoms with van der Waals surface area (Å²) >= 11 is 0. The van der Waals surface area contributed by atoms with Gasteiger partial charge in [-0.05, 0) is 48.9 Å². The molecular weight excluding hydrogens is 326 g/mol. The molecule has 1 amide bonds. The van der Waals surface area contributed by atoms with Crippen LogP contribution in [-0.4, -0.2) is 24.0 Å². The number of benzene rings is 1. The van der Waals surface area contributed by atoms with Gasteiger partial charge < -0.3 is 15.2 Å². The summed E-state index contributed by atoms with van der Waals surface area (Å²) in [5.74, 6) is 0.518. The minimum Gasteiger partial charge on any atom is -0.371 e. The van der Waals surface area contributed by atoms with Crippen LogP contribution in [0.25, 0.3) is 0 Å². The molecule has 1 aliphatic heterocycles. The van der Waals surface area contributed by atoms with Crippen LogP contribution in [0, 0.1) is 5.92 Å². The minimum absolute atomic E-state index is 0.222. The molecule has 0 radical (unpaired) electrons. The largest absolute Gasteiger partial charge is 0.371 e. The van der Waals surface area contributed by atoms with Gasteiger partial charge in [-0.2, -0.15) is 0 Å². The molecule has 0 aliphatic carbocycles. The number of pyridine rings is 1. The molecular formula is C21H27N3O2. The van der Waals surface area contributed by atoms with Crippen LogP contribution in [0.5, 0.6) is 0 Å². The third-order valence-electron chi connectivity index (χ3n) is 4.95. The lowest BCUT2D eigenvalue weighted by atomic mass is 9.99. The maximum absolute atomic E-state index is 12.3. The van der Waals surface area contributed by atoms with Gasteiger partial charge in [-0.15, -0.1) is 0 Å². The Labute approximate surface area is 154 Å². The summed E-state index contributed by atoms with van der Waals surface area (Å²) in [5.41, 5.74) is 3.23. The molecule has 1 fully saturated rings. The van der Waals surface area contributed by atoms with Gasteiger partial charge in [0.2, 0.25) is 5.56 Å². The lowest BCUT2D eigenvalue weighted by Crippen LogP contribution is -2.34. The van der Waals surface area contributed by atoms with Crippen molar-refractivity contribution in [1.29, 1.82) is 0 Å². The average Bonchev–Trinajstić information content (AvgIpc) is 2.66. The molecule has 2 heterocycles. The molecule has 2 aromatic rings. The van der Waals surface area contributed by atoms with Gasteiger partial charge in [0.25, 0.3) is 5.91 Å². The molecule has 138 valence electrons. The predicted octanol–water partition coefficient (Wildman–Crippen LogP) is 3.10. The van der Waals surface area contributed by atoms with Crippen LogP contribution in [0.15, 0.2) is 41.2 Å². The molecule has 1 aromatic heterocycles. The minimum atomic E-state index is -0.241. The standard InChI is InChI=1S/C21H27N3O2/c1-3-18-11-17(12-20(25)23-18)21(26)22-13-16-6-8-19(9-7-16)24-10-4-5-15(2)14-24/h6-9,11-12,15H,3-5,10,13-14H2,1-2H3,(H,22,26)(H,23,25)/t15-/m0/s1. The highest BCUT2D eigenvalue weighted by molar-refractivity contribution is 5.94. The smallest absolute Gasteiger partial charge is 0.251 e. The van der Waals surface area contributed by atoms with Crippen LogP contribution >= 0.6 is 0 Å². The summed E-state index contributed by atoms with van der Waals surface area (Å²) in [4.78, 5) is 29.1. The van der Waals surface area contributed by atoms with Crippen molar-refractivity contribution in [1.82, 2.24) is 10.3 Å². The molecule has 1 atom stereocenters. The van der Waals surface area contributed by atoms with E-state index in [4.69, 9.17) is 0 Å². The zero-order chi connectivity index (χ0) is 18.5. The van der Waals surface area contributed by atoms with Crippen molar-refractivity contribution < 1.29 is 4.79 Å². The van der Waals surface area contributed by atoms with Crippen LogP contribution in [-0.2, 0) is 13.0 Å². The molecule has 0 bridgehead atoms. The Morgan fingerprint density at radius 2 is 2.04 bits per heavy atom. The van der Waals surface area contributed by atoms with Crippen molar-refractivity contribution in [3.63, 3.8) is 0 Å². The number of aryl methyl sites for hydroxylation is 1. The highest BCUT2D eigenvalue weighted by atomic mass is 16.2. The van der Waals surface area contributed by atoms with E-state index in [1.54, 1.807) is 6.07 Å². The highest BCUT2D eigenvalue weighted by Crippen LogP contribution is 2.23. The number of aromatic amines is 1. The topological polar surface area (TPSA) is 65.2 Å². The van der Waals surface area contributed by atoms with Gasteiger partial charge in [0.05, 0.1) is 0 Å². The third kappa shape index (κ3) is 4.54. The van der Waals surface area contributed by atoms with E-state index in [2.05, 4.69) is 46.4 Å². The van der Waals surface area contributed by atoms with Crippen LogP contribution in [0.2, 0.25) is 0 Å². The molecule has 0 unspecified atom stereocenters. The number of carbonyl (C=O) groups excluding carboxylic acids is 1. The van der Waals surface area contributed by atoms with Crippen molar-refractivity contribution in [2.75, 3.05) is 18.0 Å².